The van der Waals surface area contributed by atoms with Gasteiger partial charge in [-0.3, -0.25) is 4.79 Å². The van der Waals surface area contributed by atoms with Gasteiger partial charge in [0.05, 0.1) is 22.7 Å². The Morgan fingerprint density at radius 3 is 2.08 bits per heavy atom. The molecule has 0 unspecified atom stereocenters. The van der Waals surface area contributed by atoms with E-state index in [0.29, 0.717) is 6.29 Å². The molecule has 0 spiro atoms. The van der Waals surface area contributed by atoms with Crippen LogP contribution in [0.15, 0.2) is 6.07 Å². The molecule has 0 saturated carbocycles. The van der Waals surface area contributed by atoms with Crippen LogP contribution < -0.4 is 22.9 Å². The third kappa shape index (κ3) is 1.01. The molecule has 0 aliphatic rings. The molecule has 1 aromatic rings. The maximum absolute atomic E-state index is 10.4. The highest BCUT2D eigenvalue weighted by molar-refractivity contribution is 5.97. The molecular formula is C7H10N4O. The monoisotopic (exact) mass is 166 g/mol. The lowest BCUT2D eigenvalue weighted by molar-refractivity contribution is 0.112. The summed E-state index contributed by atoms with van der Waals surface area (Å²) in [5.74, 6) is 0. The maximum atomic E-state index is 10.4. The average Bonchev–Trinajstić information content (AvgIpc) is 2.08. The second kappa shape index (κ2) is 2.61. The minimum absolute atomic E-state index is 0.164. The number of carbonyl (C=O) groups is 1. The summed E-state index contributed by atoms with van der Waals surface area (Å²) in [6.45, 7) is 0. The number of hydrogen-bond donors (Lipinski definition) is 4. The quantitative estimate of drug-likeness (QED) is 0.341. The molecular weight excluding hydrogens is 156 g/mol. The van der Waals surface area contributed by atoms with Gasteiger partial charge in [-0.25, -0.2) is 0 Å². The number of carbonyl (C=O) groups excluding carboxylic acids is 1. The van der Waals surface area contributed by atoms with Crippen LogP contribution in [0.5, 0.6) is 0 Å². The molecule has 0 radical (unpaired) electrons. The predicted octanol–water partition coefficient (Wildman–Crippen LogP) is -0.172. The van der Waals surface area contributed by atoms with Crippen molar-refractivity contribution < 1.29 is 4.79 Å². The van der Waals surface area contributed by atoms with Gasteiger partial charge < -0.3 is 22.9 Å². The summed E-state index contributed by atoms with van der Waals surface area (Å²) < 4.78 is 0. The molecule has 1 rings (SSSR count). The number of aldehydes is 1. The number of hydrogen-bond acceptors (Lipinski definition) is 5. The van der Waals surface area contributed by atoms with Crippen LogP contribution in [0.25, 0.3) is 0 Å². The maximum Gasteiger partial charge on any atom is 0.152 e. The molecule has 0 fully saturated rings. The number of nitrogens with two attached hydrogens (primary N) is 4. The summed E-state index contributed by atoms with van der Waals surface area (Å²) in [5.41, 5.74) is 22.9. The van der Waals surface area contributed by atoms with E-state index in [1.807, 2.05) is 0 Å². The summed E-state index contributed by atoms with van der Waals surface area (Å²) in [6, 6.07) is 1.40. The van der Waals surface area contributed by atoms with Gasteiger partial charge >= 0.3 is 0 Å². The zero-order valence-corrected chi connectivity index (χ0v) is 6.37. The van der Waals surface area contributed by atoms with Crippen LogP contribution in [-0.4, -0.2) is 6.29 Å². The Morgan fingerprint density at radius 2 is 1.58 bits per heavy atom. The van der Waals surface area contributed by atoms with E-state index >= 15 is 0 Å². The third-order valence-electron chi connectivity index (χ3n) is 1.64. The summed E-state index contributed by atoms with van der Waals surface area (Å²) in [7, 11) is 0. The van der Waals surface area contributed by atoms with Gasteiger partial charge in [0.1, 0.15) is 0 Å². The van der Waals surface area contributed by atoms with Gasteiger partial charge in [0.2, 0.25) is 0 Å². The molecule has 0 amide bonds. The van der Waals surface area contributed by atoms with Gasteiger partial charge in [-0.2, -0.15) is 0 Å². The minimum Gasteiger partial charge on any atom is -0.397 e. The van der Waals surface area contributed by atoms with Crippen molar-refractivity contribution in [3.63, 3.8) is 0 Å². The van der Waals surface area contributed by atoms with Gasteiger partial charge in [0.25, 0.3) is 0 Å². The molecule has 5 heteroatoms. The molecule has 8 N–H and O–H groups in total. The van der Waals surface area contributed by atoms with E-state index in [1.54, 1.807) is 0 Å². The summed E-state index contributed by atoms with van der Waals surface area (Å²) in [6.07, 6.45) is 0.585. The fraction of sp³-hybridized carbons (Fsp3) is 0. The first-order chi connectivity index (χ1) is 5.57. The van der Waals surface area contributed by atoms with Crippen molar-refractivity contribution in [2.75, 3.05) is 22.9 Å². The summed E-state index contributed by atoms with van der Waals surface area (Å²) in [5, 5.41) is 0. The van der Waals surface area contributed by atoms with E-state index in [4.69, 9.17) is 22.9 Å². The highest BCUT2D eigenvalue weighted by atomic mass is 16.1. The summed E-state index contributed by atoms with van der Waals surface area (Å²) >= 11 is 0. The fourth-order valence-corrected chi connectivity index (χ4v) is 0.877. The molecule has 12 heavy (non-hydrogen) atoms. The number of benzene rings is 1. The molecule has 0 aliphatic heterocycles. The molecule has 0 bridgehead atoms. The van der Waals surface area contributed by atoms with E-state index < -0.39 is 0 Å². The van der Waals surface area contributed by atoms with Gasteiger partial charge in [0.15, 0.2) is 6.29 Å². The summed E-state index contributed by atoms with van der Waals surface area (Å²) in [4.78, 5) is 10.4. The van der Waals surface area contributed by atoms with Crippen molar-refractivity contribution >= 4 is 29.0 Å². The zero-order valence-electron chi connectivity index (χ0n) is 6.37. The highest BCUT2D eigenvalue weighted by Crippen LogP contribution is 2.30. The normalized spacial score (nSPS) is 9.67. The number of nitrogen functional groups attached to an aromatic ring is 4. The molecule has 0 atom stereocenters. The lowest BCUT2D eigenvalue weighted by Crippen LogP contribution is -2.06. The molecule has 1 aromatic carbocycles. The lowest BCUT2D eigenvalue weighted by Gasteiger charge is -2.08. The average molecular weight is 166 g/mol. The van der Waals surface area contributed by atoms with E-state index in [9.17, 15) is 4.79 Å². The van der Waals surface area contributed by atoms with Crippen LogP contribution in [0, 0.1) is 0 Å². The van der Waals surface area contributed by atoms with Gasteiger partial charge in [-0.05, 0) is 6.07 Å². The molecule has 0 saturated heterocycles. The second-order valence-electron chi connectivity index (χ2n) is 2.41. The van der Waals surface area contributed by atoms with Crippen LogP contribution in [0.2, 0.25) is 0 Å². The molecule has 5 nitrogen and oxygen atoms in total. The Kier molecular flexibility index (Phi) is 1.78. The Labute approximate surface area is 69.3 Å². The van der Waals surface area contributed by atoms with Crippen LogP contribution in [0.1, 0.15) is 10.4 Å². The topological polar surface area (TPSA) is 121 Å². The molecule has 0 heterocycles. The van der Waals surface area contributed by atoms with E-state index in [0.717, 1.165) is 0 Å². The Balaban J connectivity index is 3.49. The van der Waals surface area contributed by atoms with Crippen LogP contribution in [-0.2, 0) is 0 Å². The van der Waals surface area contributed by atoms with Crippen LogP contribution >= 0.6 is 0 Å². The Hall–Kier alpha value is -1.91. The molecule has 64 valence electrons. The first-order valence-electron chi connectivity index (χ1n) is 3.26. The van der Waals surface area contributed by atoms with Crippen molar-refractivity contribution in [2.45, 2.75) is 0 Å². The number of rotatable bonds is 1. The molecule has 0 aliphatic carbocycles. The Morgan fingerprint density at radius 1 is 1.00 bits per heavy atom. The number of anilines is 4. The van der Waals surface area contributed by atoms with Gasteiger partial charge in [-0.1, -0.05) is 0 Å². The van der Waals surface area contributed by atoms with Crippen LogP contribution in [0.4, 0.5) is 22.7 Å². The smallest absolute Gasteiger partial charge is 0.152 e. The van der Waals surface area contributed by atoms with Crippen molar-refractivity contribution in [1.29, 1.82) is 0 Å². The highest BCUT2D eigenvalue weighted by Gasteiger charge is 2.08. The SMILES string of the molecule is Nc1cc(C=O)c(N)c(N)c1N. The second-order valence-corrected chi connectivity index (χ2v) is 2.41. The van der Waals surface area contributed by atoms with E-state index in [-0.39, 0.29) is 28.3 Å². The standard InChI is InChI=1S/C7H10N4O/c8-4-1-3(2-12)5(9)7(11)6(4)10/h1-2H,8-11H2. The lowest BCUT2D eigenvalue weighted by atomic mass is 10.1. The van der Waals surface area contributed by atoms with Gasteiger partial charge in [-0.15, -0.1) is 0 Å². The fourth-order valence-electron chi connectivity index (χ4n) is 0.877. The van der Waals surface area contributed by atoms with Crippen LogP contribution in [0.3, 0.4) is 0 Å². The van der Waals surface area contributed by atoms with Crippen molar-refractivity contribution in [3.05, 3.63) is 11.6 Å². The Bertz CT molecular complexity index is 335. The van der Waals surface area contributed by atoms with Crippen molar-refractivity contribution in [1.82, 2.24) is 0 Å². The minimum atomic E-state index is 0.164. The zero-order chi connectivity index (χ0) is 9.30. The van der Waals surface area contributed by atoms with Gasteiger partial charge in [0, 0.05) is 5.56 Å². The first kappa shape index (κ1) is 8.19. The molecule has 0 aromatic heterocycles. The van der Waals surface area contributed by atoms with E-state index in [1.165, 1.54) is 6.07 Å². The predicted molar refractivity (Wildman–Crippen MR) is 49.5 cm³/mol. The largest absolute Gasteiger partial charge is 0.397 e. The third-order valence-corrected chi connectivity index (χ3v) is 1.64. The van der Waals surface area contributed by atoms with Crippen molar-refractivity contribution in [2.24, 2.45) is 0 Å². The first-order valence-corrected chi connectivity index (χ1v) is 3.26. The van der Waals surface area contributed by atoms with Crippen molar-refractivity contribution in [3.8, 4) is 0 Å². The van der Waals surface area contributed by atoms with E-state index in [2.05, 4.69) is 0 Å².